The lowest BCUT2D eigenvalue weighted by Gasteiger charge is -2.26. The molecule has 1 aromatic heterocycles. The summed E-state index contributed by atoms with van der Waals surface area (Å²) in [6, 6.07) is 15.1. The number of aliphatic hydroxyl groups is 1. The molecule has 2 aromatic carbocycles. The van der Waals surface area contributed by atoms with Crippen LogP contribution in [0.3, 0.4) is 0 Å². The van der Waals surface area contributed by atoms with Gasteiger partial charge in [0.1, 0.15) is 23.4 Å². The first-order valence-corrected chi connectivity index (χ1v) is 11.0. The van der Waals surface area contributed by atoms with E-state index in [4.69, 9.17) is 4.74 Å². The highest BCUT2D eigenvalue weighted by Gasteiger charge is 2.28. The van der Waals surface area contributed by atoms with Crippen LogP contribution in [0.5, 0.6) is 0 Å². The molecule has 1 aliphatic heterocycles. The van der Waals surface area contributed by atoms with E-state index in [1.807, 2.05) is 29.7 Å². The Morgan fingerprint density at radius 3 is 2.61 bits per heavy atom. The Kier molecular flexibility index (Phi) is 6.84. The van der Waals surface area contributed by atoms with E-state index in [2.05, 4.69) is 10.3 Å². The summed E-state index contributed by atoms with van der Waals surface area (Å²) in [5, 5.41) is 12.8. The smallest absolute Gasteiger partial charge is 0.308 e. The number of imidazole rings is 1. The van der Waals surface area contributed by atoms with Crippen molar-refractivity contribution >= 4 is 17.6 Å². The first kappa shape index (κ1) is 22.7. The van der Waals surface area contributed by atoms with Crippen LogP contribution in [0.4, 0.5) is 10.1 Å². The Morgan fingerprint density at radius 1 is 1.21 bits per heavy atom. The molecule has 2 atom stereocenters. The molecule has 7 nitrogen and oxygen atoms in total. The van der Waals surface area contributed by atoms with Crippen molar-refractivity contribution in [3.8, 4) is 11.4 Å². The lowest BCUT2D eigenvalue weighted by molar-refractivity contribution is -0.160. The fraction of sp³-hybridized carbons (Fsp3) is 0.320. The molecule has 33 heavy (non-hydrogen) atoms. The summed E-state index contributed by atoms with van der Waals surface area (Å²) >= 11 is 0. The number of hydrogen-bond acceptors (Lipinski definition) is 5. The van der Waals surface area contributed by atoms with E-state index in [0.29, 0.717) is 48.6 Å². The molecule has 0 bridgehead atoms. The topological polar surface area (TPSA) is 93.5 Å². The van der Waals surface area contributed by atoms with E-state index in [9.17, 15) is 19.1 Å². The number of cyclic esters (lactones) is 1. The standard InChI is InChI=1S/C25H26FN3O4/c1-2-21-23(25(32)27-18-6-4-3-5-7-18)28-24(16-8-10-17(26)11-9-16)29(21)13-12-20-14-19(30)15-22(31)33-20/h3-11,19-20,30H,2,12-15H2,1H3,(H,27,32)/t19-,20-/m1/s1. The van der Waals surface area contributed by atoms with Gasteiger partial charge >= 0.3 is 5.97 Å². The quantitative estimate of drug-likeness (QED) is 0.531. The summed E-state index contributed by atoms with van der Waals surface area (Å²) in [6.07, 6.45) is 0.241. The van der Waals surface area contributed by atoms with E-state index < -0.39 is 18.2 Å². The number of halogens is 1. The second kappa shape index (κ2) is 9.95. The van der Waals surface area contributed by atoms with Gasteiger partial charge in [-0.3, -0.25) is 9.59 Å². The zero-order valence-electron chi connectivity index (χ0n) is 18.3. The van der Waals surface area contributed by atoms with Crippen LogP contribution in [-0.2, 0) is 22.5 Å². The van der Waals surface area contributed by atoms with Gasteiger partial charge in [0.15, 0.2) is 0 Å². The zero-order valence-corrected chi connectivity index (χ0v) is 18.3. The summed E-state index contributed by atoms with van der Waals surface area (Å²) in [5.41, 5.74) is 2.35. The largest absolute Gasteiger partial charge is 0.462 e. The molecule has 2 heterocycles. The van der Waals surface area contributed by atoms with Gasteiger partial charge in [-0.05, 0) is 42.8 Å². The van der Waals surface area contributed by atoms with Crippen molar-refractivity contribution < 1.29 is 23.8 Å². The lowest BCUT2D eigenvalue weighted by atomic mass is 10.0. The average molecular weight is 451 g/mol. The number of esters is 1. The number of amides is 1. The van der Waals surface area contributed by atoms with Crippen LogP contribution in [0, 0.1) is 5.82 Å². The fourth-order valence-corrected chi connectivity index (χ4v) is 4.11. The Balaban J connectivity index is 1.67. The molecule has 1 fully saturated rings. The van der Waals surface area contributed by atoms with Crippen molar-refractivity contribution in [2.75, 3.05) is 5.32 Å². The van der Waals surface area contributed by atoms with Gasteiger partial charge in [0.25, 0.3) is 5.91 Å². The zero-order chi connectivity index (χ0) is 23.4. The molecule has 8 heteroatoms. The number of benzene rings is 2. The number of rotatable bonds is 7. The molecule has 0 aliphatic carbocycles. The monoisotopic (exact) mass is 451 g/mol. The van der Waals surface area contributed by atoms with Gasteiger partial charge in [0.2, 0.25) is 0 Å². The summed E-state index contributed by atoms with van der Waals surface area (Å²) in [6.45, 7) is 2.36. The molecule has 2 N–H and O–H groups in total. The second-order valence-electron chi connectivity index (χ2n) is 8.06. The molecule has 1 amide bonds. The summed E-state index contributed by atoms with van der Waals surface area (Å²) in [4.78, 5) is 29.4. The molecule has 3 aromatic rings. The Morgan fingerprint density at radius 2 is 1.94 bits per heavy atom. The number of carbonyl (C=O) groups excluding carboxylic acids is 2. The highest BCUT2D eigenvalue weighted by molar-refractivity contribution is 6.04. The highest BCUT2D eigenvalue weighted by atomic mass is 19.1. The average Bonchev–Trinajstić information content (AvgIpc) is 3.17. The van der Waals surface area contributed by atoms with Gasteiger partial charge < -0.3 is 19.7 Å². The van der Waals surface area contributed by atoms with Crippen molar-refractivity contribution in [3.05, 3.63) is 71.8 Å². The molecular formula is C25H26FN3O4. The van der Waals surface area contributed by atoms with Crippen LogP contribution in [0.25, 0.3) is 11.4 Å². The number of ether oxygens (including phenoxy) is 1. The number of carbonyl (C=O) groups is 2. The number of para-hydroxylation sites is 1. The Bertz CT molecular complexity index is 1130. The van der Waals surface area contributed by atoms with Crippen LogP contribution < -0.4 is 5.32 Å². The molecule has 0 radical (unpaired) electrons. The van der Waals surface area contributed by atoms with E-state index >= 15 is 0 Å². The number of nitrogens with one attached hydrogen (secondary N) is 1. The summed E-state index contributed by atoms with van der Waals surface area (Å²) in [5.74, 6) is -0.577. The summed E-state index contributed by atoms with van der Waals surface area (Å²) in [7, 11) is 0. The molecule has 0 unspecified atom stereocenters. The molecule has 1 saturated heterocycles. The first-order chi connectivity index (χ1) is 15.9. The van der Waals surface area contributed by atoms with E-state index in [1.54, 1.807) is 24.3 Å². The minimum Gasteiger partial charge on any atom is -0.462 e. The summed E-state index contributed by atoms with van der Waals surface area (Å²) < 4.78 is 20.8. The maximum atomic E-state index is 13.5. The van der Waals surface area contributed by atoms with Crippen LogP contribution >= 0.6 is 0 Å². The second-order valence-corrected chi connectivity index (χ2v) is 8.06. The van der Waals surface area contributed by atoms with Gasteiger partial charge in [-0.15, -0.1) is 0 Å². The predicted molar refractivity (Wildman–Crippen MR) is 121 cm³/mol. The number of aliphatic hydroxyl groups excluding tert-OH is 1. The van der Waals surface area contributed by atoms with Crippen LogP contribution in [0.15, 0.2) is 54.6 Å². The van der Waals surface area contributed by atoms with Crippen molar-refractivity contribution in [2.45, 2.75) is 51.4 Å². The highest BCUT2D eigenvalue weighted by Crippen LogP contribution is 2.27. The van der Waals surface area contributed by atoms with E-state index in [1.165, 1.54) is 12.1 Å². The molecule has 0 saturated carbocycles. The van der Waals surface area contributed by atoms with Gasteiger partial charge in [-0.1, -0.05) is 25.1 Å². The number of anilines is 1. The molecule has 4 rings (SSSR count). The van der Waals surface area contributed by atoms with Crippen LogP contribution in [0.2, 0.25) is 0 Å². The van der Waals surface area contributed by atoms with Crippen molar-refractivity contribution in [1.29, 1.82) is 0 Å². The number of nitrogens with zero attached hydrogens (tertiary/aromatic N) is 2. The number of aromatic nitrogens is 2. The third kappa shape index (κ3) is 5.28. The fourth-order valence-electron chi connectivity index (χ4n) is 4.11. The van der Waals surface area contributed by atoms with Gasteiger partial charge in [-0.25, -0.2) is 9.37 Å². The minimum atomic E-state index is -0.714. The van der Waals surface area contributed by atoms with Crippen LogP contribution in [0.1, 0.15) is 42.4 Å². The van der Waals surface area contributed by atoms with E-state index in [0.717, 1.165) is 5.69 Å². The van der Waals surface area contributed by atoms with Gasteiger partial charge in [0, 0.05) is 30.6 Å². The SMILES string of the molecule is CCc1c(C(=O)Nc2ccccc2)nc(-c2ccc(F)cc2)n1CC[C@@H]1C[C@@H](O)CC(=O)O1. The molecule has 0 spiro atoms. The number of hydrogen-bond donors (Lipinski definition) is 2. The van der Waals surface area contributed by atoms with Crippen LogP contribution in [-0.4, -0.2) is 38.7 Å². The third-order valence-corrected chi connectivity index (χ3v) is 5.67. The maximum absolute atomic E-state index is 13.5. The van der Waals surface area contributed by atoms with Gasteiger partial charge in [0.05, 0.1) is 18.2 Å². The van der Waals surface area contributed by atoms with E-state index in [-0.39, 0.29) is 18.1 Å². The molecular weight excluding hydrogens is 425 g/mol. The molecule has 172 valence electrons. The Labute approximate surface area is 191 Å². The maximum Gasteiger partial charge on any atom is 0.308 e. The molecule has 1 aliphatic rings. The van der Waals surface area contributed by atoms with Crippen molar-refractivity contribution in [3.63, 3.8) is 0 Å². The predicted octanol–water partition coefficient (Wildman–Crippen LogP) is 3.96. The van der Waals surface area contributed by atoms with Crippen molar-refractivity contribution in [2.24, 2.45) is 0 Å². The normalized spacial score (nSPS) is 18.1. The Hall–Kier alpha value is -3.52. The lowest BCUT2D eigenvalue weighted by Crippen LogP contribution is -2.33. The van der Waals surface area contributed by atoms with Crippen molar-refractivity contribution in [1.82, 2.24) is 9.55 Å². The van der Waals surface area contributed by atoms with Gasteiger partial charge in [-0.2, -0.15) is 0 Å². The minimum absolute atomic E-state index is 0.00637. The first-order valence-electron chi connectivity index (χ1n) is 11.0. The third-order valence-electron chi connectivity index (χ3n) is 5.67.